The predicted octanol–water partition coefficient (Wildman–Crippen LogP) is 4.41. The lowest BCUT2D eigenvalue weighted by Gasteiger charge is -2.03. The summed E-state index contributed by atoms with van der Waals surface area (Å²) in [4.78, 5) is 12.0. The molecule has 1 amide bonds. The Morgan fingerprint density at radius 3 is 2.76 bits per heavy atom. The number of nitrogens with zero attached hydrogens (tertiary/aromatic N) is 1. The molecule has 2 aromatic carbocycles. The molecule has 1 N–H and O–H groups in total. The molecule has 0 aliphatic rings. The fraction of sp³-hybridized carbons (Fsp3) is 0.0526. The lowest BCUT2D eigenvalue weighted by molar-refractivity contribution is -0.115. The van der Waals surface area contributed by atoms with Crippen LogP contribution in [0.1, 0.15) is 5.69 Å². The summed E-state index contributed by atoms with van der Waals surface area (Å²) >= 11 is 0. The third-order valence-corrected chi connectivity index (χ3v) is 3.68. The summed E-state index contributed by atoms with van der Waals surface area (Å²) < 4.78 is 24.1. The van der Waals surface area contributed by atoms with Crippen molar-refractivity contribution in [1.29, 1.82) is 0 Å². The molecule has 5 nitrogen and oxygen atoms in total. The molecule has 0 radical (unpaired) electrons. The monoisotopic (exact) mass is 336 g/mol. The maximum absolute atomic E-state index is 13.1. The molecular weight excluding hydrogens is 323 g/mol. The zero-order valence-corrected chi connectivity index (χ0v) is 13.0. The minimum Gasteiger partial charge on any atom is -0.453 e. The van der Waals surface area contributed by atoms with Crippen LogP contribution in [0.2, 0.25) is 0 Å². The summed E-state index contributed by atoms with van der Waals surface area (Å²) in [6, 6.07) is 16.8. The number of rotatable bonds is 4. The predicted molar refractivity (Wildman–Crippen MR) is 90.4 cm³/mol. The van der Waals surface area contributed by atoms with Gasteiger partial charge in [0.1, 0.15) is 11.4 Å². The van der Waals surface area contributed by atoms with Gasteiger partial charge in [-0.1, -0.05) is 29.4 Å². The number of nitrogens with one attached hydrogen (secondary N) is 1. The van der Waals surface area contributed by atoms with Crippen molar-refractivity contribution >= 4 is 22.6 Å². The second-order valence-corrected chi connectivity index (χ2v) is 5.57. The standard InChI is InChI=1S/C19H13FN2O3/c20-13-5-3-6-14(9-13)21-19(23)11-15-10-18(25-22-15)17-8-12-4-1-2-7-16(12)24-17/h1-10H,11H2,(H,21,23). The second-order valence-electron chi connectivity index (χ2n) is 5.57. The van der Waals surface area contributed by atoms with Crippen molar-refractivity contribution in [1.82, 2.24) is 5.16 Å². The molecule has 25 heavy (non-hydrogen) atoms. The first kappa shape index (κ1) is 15.1. The van der Waals surface area contributed by atoms with E-state index in [2.05, 4.69) is 10.5 Å². The molecule has 2 heterocycles. The highest BCUT2D eigenvalue weighted by Crippen LogP contribution is 2.28. The van der Waals surface area contributed by atoms with Crippen molar-refractivity contribution in [3.05, 3.63) is 72.2 Å². The molecule has 2 aromatic heterocycles. The fourth-order valence-corrected chi connectivity index (χ4v) is 2.55. The maximum atomic E-state index is 13.1. The van der Waals surface area contributed by atoms with Crippen LogP contribution in [0.4, 0.5) is 10.1 Å². The SMILES string of the molecule is O=C(Cc1cc(-c2cc3ccccc3o2)on1)Nc1cccc(F)c1. The average Bonchev–Trinajstić information content (AvgIpc) is 3.20. The van der Waals surface area contributed by atoms with Gasteiger partial charge in [0.15, 0.2) is 5.76 Å². The molecule has 0 unspecified atom stereocenters. The number of carbonyl (C=O) groups excluding carboxylic acids is 1. The highest BCUT2D eigenvalue weighted by atomic mass is 19.1. The van der Waals surface area contributed by atoms with Crippen molar-refractivity contribution in [3.63, 3.8) is 0 Å². The number of hydrogen-bond acceptors (Lipinski definition) is 4. The van der Waals surface area contributed by atoms with E-state index in [1.165, 1.54) is 18.2 Å². The van der Waals surface area contributed by atoms with E-state index in [9.17, 15) is 9.18 Å². The van der Waals surface area contributed by atoms with Crippen LogP contribution in [-0.4, -0.2) is 11.1 Å². The number of anilines is 1. The van der Waals surface area contributed by atoms with Gasteiger partial charge in [0.25, 0.3) is 0 Å². The fourth-order valence-electron chi connectivity index (χ4n) is 2.55. The molecule has 0 fully saturated rings. The third kappa shape index (κ3) is 3.28. The smallest absolute Gasteiger partial charge is 0.230 e. The summed E-state index contributed by atoms with van der Waals surface area (Å²) in [5, 5.41) is 7.47. The quantitative estimate of drug-likeness (QED) is 0.599. The van der Waals surface area contributed by atoms with Crippen LogP contribution in [0.15, 0.2) is 69.6 Å². The van der Waals surface area contributed by atoms with Crippen LogP contribution < -0.4 is 5.32 Å². The van der Waals surface area contributed by atoms with Crippen LogP contribution in [0, 0.1) is 5.82 Å². The van der Waals surface area contributed by atoms with Gasteiger partial charge in [-0.05, 0) is 30.3 Å². The molecule has 124 valence electrons. The van der Waals surface area contributed by atoms with Gasteiger partial charge in [0.05, 0.1) is 12.1 Å². The Hall–Kier alpha value is -3.41. The van der Waals surface area contributed by atoms with Gasteiger partial charge in [0.2, 0.25) is 11.7 Å². The largest absolute Gasteiger partial charge is 0.453 e. The molecule has 0 atom stereocenters. The summed E-state index contributed by atoms with van der Waals surface area (Å²) in [6.07, 6.45) is 0.0141. The molecule has 0 bridgehead atoms. The number of hydrogen-bond donors (Lipinski definition) is 1. The normalized spacial score (nSPS) is 10.9. The number of para-hydroxylation sites is 1. The van der Waals surface area contributed by atoms with Crippen molar-refractivity contribution < 1.29 is 18.1 Å². The van der Waals surface area contributed by atoms with Crippen molar-refractivity contribution in [3.8, 4) is 11.5 Å². The Bertz CT molecular complexity index is 1020. The Morgan fingerprint density at radius 1 is 1.04 bits per heavy atom. The van der Waals surface area contributed by atoms with E-state index in [1.807, 2.05) is 30.3 Å². The number of fused-ring (bicyclic) bond motifs is 1. The first-order valence-electron chi connectivity index (χ1n) is 7.67. The van der Waals surface area contributed by atoms with E-state index in [0.29, 0.717) is 22.9 Å². The van der Waals surface area contributed by atoms with E-state index >= 15 is 0 Å². The van der Waals surface area contributed by atoms with Crippen molar-refractivity contribution in [2.24, 2.45) is 0 Å². The second kappa shape index (κ2) is 6.24. The summed E-state index contributed by atoms with van der Waals surface area (Å²) in [7, 11) is 0. The van der Waals surface area contributed by atoms with E-state index in [4.69, 9.17) is 8.94 Å². The van der Waals surface area contributed by atoms with Gasteiger partial charge >= 0.3 is 0 Å². The number of carbonyl (C=O) groups is 1. The van der Waals surface area contributed by atoms with Gasteiger partial charge < -0.3 is 14.3 Å². The summed E-state index contributed by atoms with van der Waals surface area (Å²) in [5.74, 6) is 0.275. The highest BCUT2D eigenvalue weighted by Gasteiger charge is 2.14. The third-order valence-electron chi connectivity index (χ3n) is 3.68. The first-order valence-corrected chi connectivity index (χ1v) is 7.67. The lowest BCUT2D eigenvalue weighted by atomic mass is 10.2. The molecule has 0 saturated heterocycles. The molecule has 6 heteroatoms. The van der Waals surface area contributed by atoms with E-state index in [1.54, 1.807) is 12.1 Å². The van der Waals surface area contributed by atoms with Crippen molar-refractivity contribution in [2.45, 2.75) is 6.42 Å². The topological polar surface area (TPSA) is 68.3 Å². The number of benzene rings is 2. The zero-order valence-electron chi connectivity index (χ0n) is 13.0. The Balaban J connectivity index is 1.48. The minimum absolute atomic E-state index is 0.0141. The number of amides is 1. The van der Waals surface area contributed by atoms with Gasteiger partial charge in [-0.15, -0.1) is 0 Å². The van der Waals surface area contributed by atoms with E-state index in [-0.39, 0.29) is 12.3 Å². The molecular formula is C19H13FN2O3. The minimum atomic E-state index is -0.411. The average molecular weight is 336 g/mol. The van der Waals surface area contributed by atoms with Crippen LogP contribution in [0.25, 0.3) is 22.5 Å². The van der Waals surface area contributed by atoms with Crippen LogP contribution in [0.3, 0.4) is 0 Å². The van der Waals surface area contributed by atoms with Crippen LogP contribution in [-0.2, 0) is 11.2 Å². The first-order chi connectivity index (χ1) is 12.2. The highest BCUT2D eigenvalue weighted by molar-refractivity contribution is 5.92. The molecule has 0 spiro atoms. The molecule has 4 aromatic rings. The van der Waals surface area contributed by atoms with E-state index in [0.717, 1.165) is 11.0 Å². The number of furan rings is 1. The lowest BCUT2D eigenvalue weighted by Crippen LogP contribution is -2.14. The molecule has 0 aliphatic heterocycles. The molecule has 0 saturated carbocycles. The summed E-state index contributed by atoms with van der Waals surface area (Å²) in [6.45, 7) is 0. The molecule has 0 aliphatic carbocycles. The van der Waals surface area contributed by atoms with Crippen LogP contribution >= 0.6 is 0 Å². The van der Waals surface area contributed by atoms with Gasteiger partial charge in [-0.2, -0.15) is 0 Å². The van der Waals surface area contributed by atoms with Gasteiger partial charge in [0, 0.05) is 17.1 Å². The summed E-state index contributed by atoms with van der Waals surface area (Å²) in [5.41, 5.74) is 1.61. The van der Waals surface area contributed by atoms with E-state index < -0.39 is 5.82 Å². The van der Waals surface area contributed by atoms with Crippen LogP contribution in [0.5, 0.6) is 0 Å². The number of halogens is 1. The zero-order chi connectivity index (χ0) is 17.2. The Kier molecular flexibility index (Phi) is 3.78. The van der Waals surface area contributed by atoms with Gasteiger partial charge in [-0.25, -0.2) is 4.39 Å². The Labute approximate surface area is 142 Å². The van der Waals surface area contributed by atoms with Crippen molar-refractivity contribution in [2.75, 3.05) is 5.32 Å². The maximum Gasteiger partial charge on any atom is 0.230 e. The Morgan fingerprint density at radius 2 is 1.92 bits per heavy atom. The van der Waals surface area contributed by atoms with Gasteiger partial charge in [-0.3, -0.25) is 4.79 Å². The molecule has 4 rings (SSSR count). The number of aromatic nitrogens is 1.